The molecule has 5 nitrogen and oxygen atoms in total. The van der Waals surface area contributed by atoms with E-state index in [9.17, 15) is 8.42 Å². The van der Waals surface area contributed by atoms with Crippen molar-refractivity contribution in [3.05, 3.63) is 0 Å². The Balaban J connectivity index is 2.83. The van der Waals surface area contributed by atoms with E-state index in [1.807, 2.05) is 6.92 Å². The van der Waals surface area contributed by atoms with Crippen LogP contribution in [0.5, 0.6) is 0 Å². The lowest BCUT2D eigenvalue weighted by Gasteiger charge is -2.37. The van der Waals surface area contributed by atoms with Gasteiger partial charge in [0.2, 0.25) is 10.0 Å². The number of hydrogen-bond donors (Lipinski definition) is 1. The van der Waals surface area contributed by atoms with Crippen LogP contribution in [-0.4, -0.2) is 55.0 Å². The first-order chi connectivity index (χ1) is 6.89. The molecule has 6 heteroatoms. The molecule has 90 valence electrons. The molecule has 1 heterocycles. The van der Waals surface area contributed by atoms with E-state index in [2.05, 4.69) is 0 Å². The van der Waals surface area contributed by atoms with E-state index in [1.54, 1.807) is 13.8 Å². The van der Waals surface area contributed by atoms with Crippen molar-refractivity contribution in [1.82, 2.24) is 4.31 Å². The standard InChI is InChI=1S/C9H19NO4S/c1-7(2)15(12,13)10-4-9(5-11)14-6-8(10)3/h7-9,11H,4-6H2,1-3H3. The van der Waals surface area contributed by atoms with Gasteiger partial charge in [-0.1, -0.05) is 0 Å². The summed E-state index contributed by atoms with van der Waals surface area (Å²) < 4.78 is 30.6. The average molecular weight is 237 g/mol. The van der Waals surface area contributed by atoms with Gasteiger partial charge in [-0.15, -0.1) is 0 Å². The Bertz CT molecular complexity index is 301. The molecule has 1 aliphatic rings. The van der Waals surface area contributed by atoms with Crippen LogP contribution in [0, 0.1) is 0 Å². The predicted octanol–water partition coefficient (Wildman–Crippen LogP) is -0.194. The van der Waals surface area contributed by atoms with E-state index >= 15 is 0 Å². The number of sulfonamides is 1. The molecule has 0 saturated carbocycles. The molecule has 0 bridgehead atoms. The Morgan fingerprint density at radius 3 is 2.60 bits per heavy atom. The van der Waals surface area contributed by atoms with Crippen molar-refractivity contribution < 1.29 is 18.3 Å². The van der Waals surface area contributed by atoms with Gasteiger partial charge in [0.1, 0.15) is 0 Å². The molecule has 1 aliphatic heterocycles. The normalized spacial score (nSPS) is 29.7. The molecule has 0 aliphatic carbocycles. The number of aliphatic hydroxyl groups excluding tert-OH is 1. The van der Waals surface area contributed by atoms with E-state index in [0.29, 0.717) is 6.61 Å². The molecule has 0 amide bonds. The molecule has 1 rings (SSSR count). The molecule has 15 heavy (non-hydrogen) atoms. The molecule has 0 aromatic heterocycles. The molecular formula is C9H19NO4S. The number of rotatable bonds is 3. The smallest absolute Gasteiger partial charge is 0.216 e. The summed E-state index contributed by atoms with van der Waals surface area (Å²) in [4.78, 5) is 0. The van der Waals surface area contributed by atoms with E-state index in [1.165, 1.54) is 4.31 Å². The fourth-order valence-corrected chi connectivity index (χ4v) is 3.01. The van der Waals surface area contributed by atoms with Gasteiger partial charge in [0.05, 0.1) is 24.6 Å². The van der Waals surface area contributed by atoms with Crippen molar-refractivity contribution in [2.45, 2.75) is 38.2 Å². The lowest BCUT2D eigenvalue weighted by atomic mass is 10.2. The van der Waals surface area contributed by atoms with Crippen molar-refractivity contribution in [3.8, 4) is 0 Å². The number of aliphatic hydroxyl groups is 1. The lowest BCUT2D eigenvalue weighted by molar-refractivity contribution is -0.0517. The third-order valence-corrected chi connectivity index (χ3v) is 4.93. The van der Waals surface area contributed by atoms with E-state index < -0.39 is 21.4 Å². The average Bonchev–Trinajstić information content (AvgIpc) is 2.18. The molecule has 0 spiro atoms. The second-order valence-electron chi connectivity index (χ2n) is 4.15. The number of nitrogens with zero attached hydrogens (tertiary/aromatic N) is 1. The topological polar surface area (TPSA) is 66.8 Å². The van der Waals surface area contributed by atoms with Crippen LogP contribution in [0.15, 0.2) is 0 Å². The molecule has 1 saturated heterocycles. The highest BCUT2D eigenvalue weighted by atomic mass is 32.2. The summed E-state index contributed by atoms with van der Waals surface area (Å²) in [5.74, 6) is 0. The first kappa shape index (κ1) is 12.9. The van der Waals surface area contributed by atoms with Crippen LogP contribution in [0.2, 0.25) is 0 Å². The fourth-order valence-electron chi connectivity index (χ4n) is 1.53. The monoisotopic (exact) mass is 237 g/mol. The largest absolute Gasteiger partial charge is 0.394 e. The van der Waals surface area contributed by atoms with E-state index in [0.717, 1.165) is 0 Å². The highest BCUT2D eigenvalue weighted by molar-refractivity contribution is 7.89. The minimum Gasteiger partial charge on any atom is -0.394 e. The Kier molecular flexibility index (Phi) is 4.11. The summed E-state index contributed by atoms with van der Waals surface area (Å²) in [5.41, 5.74) is 0. The van der Waals surface area contributed by atoms with Gasteiger partial charge < -0.3 is 9.84 Å². The molecule has 2 atom stereocenters. The van der Waals surface area contributed by atoms with Gasteiger partial charge in [0, 0.05) is 12.6 Å². The lowest BCUT2D eigenvalue weighted by Crippen LogP contribution is -2.53. The second-order valence-corrected chi connectivity index (χ2v) is 6.59. The number of ether oxygens (including phenoxy) is 1. The Hall–Kier alpha value is -0.170. The van der Waals surface area contributed by atoms with Gasteiger partial charge in [-0.05, 0) is 20.8 Å². The maximum Gasteiger partial charge on any atom is 0.216 e. The third-order valence-electron chi connectivity index (χ3n) is 2.57. The molecule has 0 aromatic rings. The summed E-state index contributed by atoms with van der Waals surface area (Å²) in [7, 11) is -3.25. The first-order valence-corrected chi connectivity index (χ1v) is 6.63. The number of morpholine rings is 1. The van der Waals surface area contributed by atoms with Gasteiger partial charge in [0.15, 0.2) is 0 Å². The van der Waals surface area contributed by atoms with Crippen LogP contribution in [0.3, 0.4) is 0 Å². The predicted molar refractivity (Wildman–Crippen MR) is 57.0 cm³/mol. The second kappa shape index (κ2) is 4.78. The molecular weight excluding hydrogens is 218 g/mol. The van der Waals surface area contributed by atoms with Crippen LogP contribution in [0.1, 0.15) is 20.8 Å². The summed E-state index contributed by atoms with van der Waals surface area (Å²) in [6.07, 6.45) is -0.394. The van der Waals surface area contributed by atoms with Crippen molar-refractivity contribution in [3.63, 3.8) is 0 Å². The van der Waals surface area contributed by atoms with Crippen molar-refractivity contribution in [1.29, 1.82) is 0 Å². The summed E-state index contributed by atoms with van der Waals surface area (Å²) in [5, 5.41) is 8.52. The van der Waals surface area contributed by atoms with Gasteiger partial charge in [-0.3, -0.25) is 0 Å². The Morgan fingerprint density at radius 2 is 2.13 bits per heavy atom. The first-order valence-electron chi connectivity index (χ1n) is 5.12. The Morgan fingerprint density at radius 1 is 1.53 bits per heavy atom. The molecule has 1 N–H and O–H groups in total. The summed E-state index contributed by atoms with van der Waals surface area (Å²) in [6.45, 7) is 5.58. The molecule has 0 aromatic carbocycles. The fraction of sp³-hybridized carbons (Fsp3) is 1.00. The zero-order valence-corrected chi connectivity index (χ0v) is 10.2. The zero-order valence-electron chi connectivity index (χ0n) is 9.38. The van der Waals surface area contributed by atoms with Crippen LogP contribution >= 0.6 is 0 Å². The van der Waals surface area contributed by atoms with Crippen LogP contribution in [0.4, 0.5) is 0 Å². The minimum atomic E-state index is -3.25. The SMILES string of the molecule is CC1COC(CO)CN1S(=O)(=O)C(C)C. The molecule has 1 fully saturated rings. The van der Waals surface area contributed by atoms with Gasteiger partial charge in [-0.2, -0.15) is 4.31 Å². The van der Waals surface area contributed by atoms with Crippen molar-refractivity contribution in [2.24, 2.45) is 0 Å². The van der Waals surface area contributed by atoms with E-state index in [-0.39, 0.29) is 19.2 Å². The van der Waals surface area contributed by atoms with Crippen LogP contribution in [-0.2, 0) is 14.8 Å². The van der Waals surface area contributed by atoms with Crippen LogP contribution < -0.4 is 0 Å². The molecule has 2 unspecified atom stereocenters. The van der Waals surface area contributed by atoms with Gasteiger partial charge >= 0.3 is 0 Å². The molecule has 0 radical (unpaired) electrons. The highest BCUT2D eigenvalue weighted by Crippen LogP contribution is 2.18. The third kappa shape index (κ3) is 2.69. The zero-order chi connectivity index (χ0) is 11.6. The van der Waals surface area contributed by atoms with Gasteiger partial charge in [0.25, 0.3) is 0 Å². The Labute approximate surface area is 91.1 Å². The van der Waals surface area contributed by atoms with Crippen LogP contribution in [0.25, 0.3) is 0 Å². The maximum atomic E-state index is 11.9. The van der Waals surface area contributed by atoms with Crippen molar-refractivity contribution in [2.75, 3.05) is 19.8 Å². The summed E-state index contributed by atoms with van der Waals surface area (Å²) in [6, 6.07) is -0.153. The minimum absolute atomic E-state index is 0.142. The summed E-state index contributed by atoms with van der Waals surface area (Å²) >= 11 is 0. The maximum absolute atomic E-state index is 11.9. The van der Waals surface area contributed by atoms with E-state index in [4.69, 9.17) is 9.84 Å². The quantitative estimate of drug-likeness (QED) is 0.738. The van der Waals surface area contributed by atoms with Gasteiger partial charge in [-0.25, -0.2) is 8.42 Å². The van der Waals surface area contributed by atoms with Crippen molar-refractivity contribution >= 4 is 10.0 Å². The number of hydrogen-bond acceptors (Lipinski definition) is 4. The highest BCUT2D eigenvalue weighted by Gasteiger charge is 2.35.